The number of sulfonamides is 1. The van der Waals surface area contributed by atoms with Crippen molar-refractivity contribution in [2.45, 2.75) is 123 Å². The second kappa shape index (κ2) is 37.6. The molecule has 3 heterocycles. The number of phenolic OH excluding ortho intramolecular Hbond substituents is 1. The van der Waals surface area contributed by atoms with Crippen LogP contribution in [0.3, 0.4) is 0 Å². The van der Waals surface area contributed by atoms with E-state index in [0.717, 1.165) is 87.3 Å². The number of anilines is 3. The first-order valence-corrected chi connectivity index (χ1v) is 40.0. The Bertz CT molecular complexity index is 5000. The molecule has 0 radical (unpaired) electrons. The average molecular weight is 1520 g/mol. The van der Waals surface area contributed by atoms with Gasteiger partial charge in [0.25, 0.3) is 5.91 Å². The van der Waals surface area contributed by atoms with Crippen molar-refractivity contribution >= 4 is 95.1 Å². The number of carbonyl (C=O) groups excluding carboxylic acids is 3. The van der Waals surface area contributed by atoms with Crippen LogP contribution in [0, 0.1) is 5.92 Å². The SMILES string of the molecule is CCN(CC)c1ccc2c(-c3ccccc3C(=O)N3CCN(C(=O)CCC(O)=NCCCCCC(O)=N[C@@H](Cc4ccc(C(=O)c5ccccc5)cc4)C(O)=NCc4cn([C@@H](Cc5ccc(O)cc5)C(O)CN(CC(C)C)S(=O)(=O)c5cccc6c(N(C)C)cccc56)nn4)CC3)c3ccc(N(CC)CC)cc3[o+]c2c1. The lowest BCUT2D eigenvalue weighted by atomic mass is 9.92. The Morgan fingerprint density at radius 1 is 0.604 bits per heavy atom. The van der Waals surface area contributed by atoms with Crippen molar-refractivity contribution in [1.82, 2.24) is 29.1 Å². The Morgan fingerprint density at radius 2 is 1.21 bits per heavy atom. The standard InChI is InChI=1S/C87H102N12O11S/c1-9-94(10-2)65-38-42-72-78(53-65)110-79-54-66(95(11-3)12-4)39-43-73(79)84(72)70-25-18-19-26-71(70)87(107)97-49-47-96(48-50-97)83(104)45-44-81(102)88-46-20-14-17-31-82(103)90-74(51-60-32-36-63(37-33-60)85(105)62-23-15-13-16-24-62)86(106)89-55-64-57-99(92-91-64)76(52-61-34-40-67(100)41-35-61)77(101)58-98(56-59(5)6)111(108,109)80-30-22-27-68-69(80)28-21-29-75(68)93(7)8/h13,15-16,18-19,21-30,32-43,53-54,57,59,74,76-77,101H,9-12,14,17,20,31,44-52,55-56,58H2,1-8H3,(H3-,88,89,90,100,102,103,106)/p+1/t74-,76-,77?/m0/s1. The number of piperazine rings is 1. The lowest BCUT2D eigenvalue weighted by molar-refractivity contribution is -0.132. The quantitative estimate of drug-likeness (QED) is 0.00609. The molecule has 1 saturated heterocycles. The van der Waals surface area contributed by atoms with Crippen LogP contribution in [0.1, 0.15) is 129 Å². The minimum absolute atomic E-state index is 0.0437. The lowest BCUT2D eigenvalue weighted by Crippen LogP contribution is -2.50. The Kier molecular flexibility index (Phi) is 27.4. The van der Waals surface area contributed by atoms with Crippen LogP contribution in [0.15, 0.2) is 206 Å². The predicted molar refractivity (Wildman–Crippen MR) is 442 cm³/mol. The summed E-state index contributed by atoms with van der Waals surface area (Å²) in [4.78, 5) is 65.2. The number of nitrogens with zero attached hydrogens (tertiary/aromatic N) is 12. The zero-order valence-corrected chi connectivity index (χ0v) is 65.5. The number of unbranched alkanes of at least 4 members (excludes halogenated alkanes) is 2. The molecule has 1 fully saturated rings. The summed E-state index contributed by atoms with van der Waals surface area (Å²) in [5.74, 6) is -1.29. The third kappa shape index (κ3) is 19.9. The number of benzene rings is 8. The van der Waals surface area contributed by atoms with Gasteiger partial charge in [0.1, 0.15) is 17.5 Å². The highest BCUT2D eigenvalue weighted by molar-refractivity contribution is 7.89. The van der Waals surface area contributed by atoms with E-state index in [-0.39, 0.29) is 104 Å². The molecule has 2 amide bonds. The zero-order chi connectivity index (χ0) is 78.9. The van der Waals surface area contributed by atoms with Crippen molar-refractivity contribution in [2.24, 2.45) is 20.9 Å². The van der Waals surface area contributed by atoms with Gasteiger partial charge < -0.3 is 50.0 Å². The molecule has 2 aromatic heterocycles. The van der Waals surface area contributed by atoms with Crippen molar-refractivity contribution in [3.63, 3.8) is 0 Å². The molecule has 24 heteroatoms. The molecule has 582 valence electrons. The maximum Gasteiger partial charge on any atom is 0.363 e. The van der Waals surface area contributed by atoms with E-state index in [1.165, 1.54) is 21.1 Å². The second-order valence-corrected chi connectivity index (χ2v) is 30.7. The molecule has 0 bridgehead atoms. The summed E-state index contributed by atoms with van der Waals surface area (Å²) in [7, 11) is -0.416. The van der Waals surface area contributed by atoms with Crippen LogP contribution in [0.5, 0.6) is 5.75 Å². The van der Waals surface area contributed by atoms with Gasteiger partial charge in [-0.05, 0) is 124 Å². The monoisotopic (exact) mass is 1520 g/mol. The van der Waals surface area contributed by atoms with Gasteiger partial charge in [-0.25, -0.2) is 27.5 Å². The molecule has 1 unspecified atom stereocenters. The molecule has 5 N–H and O–H groups in total. The Hall–Kier alpha value is -11.1. The number of aliphatic imine (C=N–C) groups is 3. The number of aliphatic hydroxyl groups excluding tert-OH is 4. The summed E-state index contributed by atoms with van der Waals surface area (Å²) in [6.07, 6.45) is 2.36. The van der Waals surface area contributed by atoms with Crippen molar-refractivity contribution in [2.75, 3.05) is 101 Å². The first-order valence-electron chi connectivity index (χ1n) is 38.5. The first-order chi connectivity index (χ1) is 53.5. The number of aromatic nitrogens is 3. The molecule has 1 aliphatic rings. The molecular weight excluding hydrogens is 1420 g/mol. The maximum atomic E-state index is 14.9. The molecule has 23 nitrogen and oxygen atoms in total. The van der Waals surface area contributed by atoms with Crippen LogP contribution in [0.4, 0.5) is 17.1 Å². The van der Waals surface area contributed by atoms with Crippen LogP contribution in [0.2, 0.25) is 0 Å². The summed E-state index contributed by atoms with van der Waals surface area (Å²) in [6.45, 7) is 16.9. The minimum Gasteiger partial charge on any atom is -0.508 e. The number of aliphatic hydroxyl groups is 4. The van der Waals surface area contributed by atoms with Crippen LogP contribution >= 0.6 is 0 Å². The molecule has 111 heavy (non-hydrogen) atoms. The number of carbonyl (C=O) groups is 3. The van der Waals surface area contributed by atoms with Crippen molar-refractivity contribution in [3.8, 4) is 16.9 Å². The average Bonchev–Trinajstić information content (AvgIpc) is 0.927. The highest BCUT2D eigenvalue weighted by Gasteiger charge is 2.35. The fraction of sp³-hybridized carbons (Fsp3) is 0.368. The van der Waals surface area contributed by atoms with Gasteiger partial charge in [0, 0.05) is 162 Å². The van der Waals surface area contributed by atoms with E-state index in [1.807, 2.05) is 81.4 Å². The van der Waals surface area contributed by atoms with Gasteiger partial charge in [0.2, 0.25) is 21.8 Å². The molecule has 11 rings (SSSR count). The van der Waals surface area contributed by atoms with Gasteiger partial charge in [-0.15, -0.1) is 5.10 Å². The number of hydrogen-bond donors (Lipinski definition) is 5. The number of aromatic hydroxyl groups is 1. The predicted octanol–water partition coefficient (Wildman–Crippen LogP) is 14.8. The molecule has 0 saturated carbocycles. The topological polar surface area (TPSA) is 285 Å². The van der Waals surface area contributed by atoms with Crippen molar-refractivity contribution < 1.29 is 52.8 Å². The molecular formula is C87H103N12O11S+. The minimum atomic E-state index is -4.21. The number of phenols is 1. The Balaban J connectivity index is 0.713. The van der Waals surface area contributed by atoms with Crippen LogP contribution in [0.25, 0.3) is 43.8 Å². The third-order valence-electron chi connectivity index (χ3n) is 20.5. The number of ketones is 1. The fourth-order valence-corrected chi connectivity index (χ4v) is 16.3. The van der Waals surface area contributed by atoms with E-state index < -0.39 is 34.1 Å². The van der Waals surface area contributed by atoms with E-state index in [9.17, 15) is 48.3 Å². The van der Waals surface area contributed by atoms with Crippen molar-refractivity contribution in [1.29, 1.82) is 0 Å². The van der Waals surface area contributed by atoms with Gasteiger partial charge in [0.15, 0.2) is 17.6 Å². The van der Waals surface area contributed by atoms with Crippen LogP contribution < -0.4 is 14.7 Å². The van der Waals surface area contributed by atoms with Crippen LogP contribution in [-0.4, -0.2) is 197 Å². The smallest absolute Gasteiger partial charge is 0.363 e. The number of hydrogen-bond acceptors (Lipinski definition) is 15. The van der Waals surface area contributed by atoms with Gasteiger partial charge in [-0.2, -0.15) is 4.31 Å². The summed E-state index contributed by atoms with van der Waals surface area (Å²) in [5, 5.41) is 68.5. The summed E-state index contributed by atoms with van der Waals surface area (Å²) in [6, 6.07) is 51.4. The number of fused-ring (bicyclic) bond motifs is 3. The summed E-state index contributed by atoms with van der Waals surface area (Å²) in [5.41, 5.74) is 9.40. The van der Waals surface area contributed by atoms with E-state index in [1.54, 1.807) is 94.9 Å². The van der Waals surface area contributed by atoms with E-state index in [4.69, 9.17) is 4.42 Å². The Morgan fingerprint density at radius 3 is 1.86 bits per heavy atom. The molecule has 3 atom stereocenters. The first kappa shape index (κ1) is 80.9. The third-order valence-corrected chi connectivity index (χ3v) is 22.4. The highest BCUT2D eigenvalue weighted by Crippen LogP contribution is 2.42. The van der Waals surface area contributed by atoms with E-state index in [0.29, 0.717) is 78.8 Å². The normalized spacial score (nSPS) is 14.0. The van der Waals surface area contributed by atoms with Gasteiger partial charge in [-0.1, -0.05) is 135 Å². The number of amides is 2. The van der Waals surface area contributed by atoms with E-state index in [2.05, 4.69) is 99.2 Å². The van der Waals surface area contributed by atoms with Crippen molar-refractivity contribution in [3.05, 3.63) is 216 Å². The van der Waals surface area contributed by atoms with Crippen LogP contribution in [-0.2, 0) is 34.2 Å². The summed E-state index contributed by atoms with van der Waals surface area (Å²) >= 11 is 0. The maximum absolute atomic E-state index is 14.9. The van der Waals surface area contributed by atoms with Gasteiger partial charge >= 0.3 is 11.2 Å². The second-order valence-electron chi connectivity index (χ2n) is 28.8. The number of rotatable bonds is 36. The fourth-order valence-electron chi connectivity index (χ4n) is 14.5. The van der Waals surface area contributed by atoms with E-state index >= 15 is 0 Å². The largest absolute Gasteiger partial charge is 0.508 e. The molecule has 1 aliphatic heterocycles. The van der Waals surface area contributed by atoms with Gasteiger partial charge in [-0.3, -0.25) is 19.4 Å². The highest BCUT2D eigenvalue weighted by atomic mass is 32.2. The zero-order valence-electron chi connectivity index (χ0n) is 64.7. The lowest BCUT2D eigenvalue weighted by Gasteiger charge is -2.35. The molecule has 10 aromatic rings. The molecule has 8 aromatic carbocycles. The molecule has 0 spiro atoms. The van der Waals surface area contributed by atoms with Gasteiger partial charge in [0.05, 0.1) is 52.7 Å². The Labute approximate surface area is 650 Å². The molecule has 0 aliphatic carbocycles. The summed E-state index contributed by atoms with van der Waals surface area (Å²) < 4.78 is 39.3.